The third kappa shape index (κ3) is 2.07. The van der Waals surface area contributed by atoms with Gasteiger partial charge in [-0.15, -0.1) is 0 Å². The number of hydrogen-bond acceptors (Lipinski definition) is 2. The van der Waals surface area contributed by atoms with E-state index in [1.54, 1.807) is 0 Å². The highest BCUT2D eigenvalue weighted by atomic mass is 16.2. The zero-order valence-electron chi connectivity index (χ0n) is 11.1. The second-order valence-electron chi connectivity index (χ2n) is 7.40. The van der Waals surface area contributed by atoms with Gasteiger partial charge in [-0.05, 0) is 69.1 Å². The van der Waals surface area contributed by atoms with Gasteiger partial charge in [0.05, 0.1) is 6.54 Å². The number of carbonyl (C=O) groups excluding carboxylic acids is 1. The van der Waals surface area contributed by atoms with E-state index in [2.05, 4.69) is 10.6 Å². The van der Waals surface area contributed by atoms with Gasteiger partial charge in [-0.1, -0.05) is 0 Å². The third-order valence-electron chi connectivity index (χ3n) is 5.57. The lowest BCUT2D eigenvalue weighted by Gasteiger charge is -2.56. The van der Waals surface area contributed by atoms with Gasteiger partial charge in [-0.25, -0.2) is 0 Å². The zero-order valence-corrected chi connectivity index (χ0v) is 11.1. The first kappa shape index (κ1) is 11.3. The minimum absolute atomic E-state index is 0.192. The lowest BCUT2D eigenvalue weighted by atomic mass is 9.53. The summed E-state index contributed by atoms with van der Waals surface area (Å²) in [6, 6.07) is 0.632. The predicted octanol–water partition coefficient (Wildman–Crippen LogP) is 1.82. The van der Waals surface area contributed by atoms with Crippen LogP contribution in [0.5, 0.6) is 0 Å². The third-order valence-corrected chi connectivity index (χ3v) is 5.57. The van der Waals surface area contributed by atoms with Crippen molar-refractivity contribution < 1.29 is 4.79 Å². The van der Waals surface area contributed by atoms with E-state index in [4.69, 9.17) is 0 Å². The van der Waals surface area contributed by atoms with Crippen LogP contribution in [0.15, 0.2) is 0 Å². The molecule has 0 aromatic heterocycles. The summed E-state index contributed by atoms with van der Waals surface area (Å²) >= 11 is 0. The Balaban J connectivity index is 1.39. The van der Waals surface area contributed by atoms with Crippen LogP contribution in [0.2, 0.25) is 0 Å². The highest BCUT2D eigenvalue weighted by molar-refractivity contribution is 5.79. The van der Waals surface area contributed by atoms with Gasteiger partial charge >= 0.3 is 0 Å². The maximum atomic E-state index is 12.1. The van der Waals surface area contributed by atoms with E-state index in [1.165, 1.54) is 51.4 Å². The van der Waals surface area contributed by atoms with E-state index in [0.29, 0.717) is 12.6 Å². The monoisotopic (exact) mass is 248 g/mol. The Morgan fingerprint density at radius 2 is 1.56 bits per heavy atom. The molecule has 0 heterocycles. The molecule has 5 fully saturated rings. The summed E-state index contributed by atoms with van der Waals surface area (Å²) < 4.78 is 0. The Hall–Kier alpha value is -0.570. The van der Waals surface area contributed by atoms with E-state index in [1.807, 2.05) is 0 Å². The molecule has 0 aromatic carbocycles. The molecule has 18 heavy (non-hydrogen) atoms. The van der Waals surface area contributed by atoms with Crippen LogP contribution in [0.4, 0.5) is 0 Å². The molecular formula is C15H24N2O. The summed E-state index contributed by atoms with van der Waals surface area (Å²) in [5, 5.41) is 6.73. The van der Waals surface area contributed by atoms with Crippen LogP contribution >= 0.6 is 0 Å². The standard InChI is InChI=1S/C15H24N2O/c18-14(9-16-13-1-2-13)17-15-6-10-3-11(7-15)5-12(4-10)8-15/h10-13,16H,1-9H2,(H,17,18). The minimum Gasteiger partial charge on any atom is -0.350 e. The van der Waals surface area contributed by atoms with Crippen molar-refractivity contribution in [1.82, 2.24) is 10.6 Å². The molecule has 3 nitrogen and oxygen atoms in total. The van der Waals surface area contributed by atoms with Crippen molar-refractivity contribution in [2.24, 2.45) is 17.8 Å². The molecule has 5 saturated carbocycles. The minimum atomic E-state index is 0.192. The summed E-state index contributed by atoms with van der Waals surface area (Å²) in [6.07, 6.45) is 10.6. The van der Waals surface area contributed by atoms with Gasteiger partial charge < -0.3 is 10.6 Å². The number of carbonyl (C=O) groups is 1. The first-order chi connectivity index (χ1) is 8.71. The van der Waals surface area contributed by atoms with Crippen molar-refractivity contribution in [2.75, 3.05) is 6.54 Å². The molecule has 0 spiro atoms. The molecule has 0 aliphatic heterocycles. The maximum absolute atomic E-state index is 12.1. The van der Waals surface area contributed by atoms with Gasteiger partial charge in [0, 0.05) is 11.6 Å². The van der Waals surface area contributed by atoms with Crippen LogP contribution in [0.25, 0.3) is 0 Å². The molecule has 0 atom stereocenters. The van der Waals surface area contributed by atoms with Crippen molar-refractivity contribution in [3.63, 3.8) is 0 Å². The van der Waals surface area contributed by atoms with Gasteiger partial charge in [-0.3, -0.25) is 4.79 Å². The van der Waals surface area contributed by atoms with Gasteiger partial charge in [0.1, 0.15) is 0 Å². The summed E-state index contributed by atoms with van der Waals surface area (Å²) in [6.45, 7) is 0.534. The number of nitrogens with one attached hydrogen (secondary N) is 2. The van der Waals surface area contributed by atoms with Gasteiger partial charge in [0.15, 0.2) is 0 Å². The first-order valence-electron chi connectivity index (χ1n) is 7.75. The Labute approximate surface area is 109 Å². The molecule has 0 saturated heterocycles. The fraction of sp³-hybridized carbons (Fsp3) is 0.933. The van der Waals surface area contributed by atoms with E-state index in [0.717, 1.165) is 17.8 Å². The molecule has 0 radical (unpaired) electrons. The Morgan fingerprint density at radius 1 is 1.00 bits per heavy atom. The quantitative estimate of drug-likeness (QED) is 0.797. The second kappa shape index (κ2) is 3.96. The molecular weight excluding hydrogens is 224 g/mol. The Bertz CT molecular complexity index is 326. The molecule has 0 aromatic rings. The van der Waals surface area contributed by atoms with E-state index in [9.17, 15) is 4.79 Å². The van der Waals surface area contributed by atoms with Crippen LogP contribution in [0.3, 0.4) is 0 Å². The van der Waals surface area contributed by atoms with Crippen molar-refractivity contribution >= 4 is 5.91 Å². The van der Waals surface area contributed by atoms with Crippen molar-refractivity contribution in [1.29, 1.82) is 0 Å². The van der Waals surface area contributed by atoms with Crippen LogP contribution in [0.1, 0.15) is 51.4 Å². The molecule has 5 rings (SSSR count). The fourth-order valence-electron chi connectivity index (χ4n) is 5.13. The predicted molar refractivity (Wildman–Crippen MR) is 70.1 cm³/mol. The molecule has 3 heteroatoms. The SMILES string of the molecule is O=C(CNC1CC1)NC12CC3CC(CC(C3)C1)C2. The van der Waals surface area contributed by atoms with Crippen LogP contribution in [-0.4, -0.2) is 24.0 Å². The highest BCUT2D eigenvalue weighted by Gasteiger charge is 2.51. The second-order valence-corrected chi connectivity index (χ2v) is 7.40. The lowest BCUT2D eigenvalue weighted by Crippen LogP contribution is -2.60. The summed E-state index contributed by atoms with van der Waals surface area (Å²) in [4.78, 5) is 12.1. The summed E-state index contributed by atoms with van der Waals surface area (Å²) in [7, 11) is 0. The van der Waals surface area contributed by atoms with Crippen molar-refractivity contribution in [2.45, 2.75) is 62.9 Å². The van der Waals surface area contributed by atoms with Gasteiger partial charge in [-0.2, -0.15) is 0 Å². The average Bonchev–Trinajstić information content (AvgIpc) is 3.07. The molecule has 2 N–H and O–H groups in total. The molecule has 5 aliphatic carbocycles. The Kier molecular flexibility index (Phi) is 2.48. The van der Waals surface area contributed by atoms with Crippen molar-refractivity contribution in [3.8, 4) is 0 Å². The highest BCUT2D eigenvalue weighted by Crippen LogP contribution is 2.55. The van der Waals surface area contributed by atoms with Gasteiger partial charge in [0.2, 0.25) is 5.91 Å². The zero-order chi connectivity index (χ0) is 12.2. The maximum Gasteiger partial charge on any atom is 0.234 e. The Morgan fingerprint density at radius 3 is 2.06 bits per heavy atom. The smallest absolute Gasteiger partial charge is 0.234 e. The van der Waals surface area contributed by atoms with E-state index in [-0.39, 0.29) is 11.4 Å². The number of hydrogen-bond donors (Lipinski definition) is 2. The first-order valence-corrected chi connectivity index (χ1v) is 7.75. The molecule has 4 bridgehead atoms. The lowest BCUT2D eigenvalue weighted by molar-refractivity contribution is -0.126. The number of amides is 1. The van der Waals surface area contributed by atoms with Gasteiger partial charge in [0.25, 0.3) is 0 Å². The van der Waals surface area contributed by atoms with Crippen LogP contribution in [0, 0.1) is 17.8 Å². The molecule has 5 aliphatic rings. The van der Waals surface area contributed by atoms with Crippen LogP contribution in [-0.2, 0) is 4.79 Å². The van der Waals surface area contributed by atoms with Crippen LogP contribution < -0.4 is 10.6 Å². The van der Waals surface area contributed by atoms with Crippen molar-refractivity contribution in [3.05, 3.63) is 0 Å². The summed E-state index contributed by atoms with van der Waals surface area (Å²) in [5.41, 5.74) is 0.192. The molecule has 100 valence electrons. The normalized spacial score (nSPS) is 45.2. The molecule has 1 amide bonds. The summed E-state index contributed by atoms with van der Waals surface area (Å²) in [5.74, 6) is 2.97. The average molecular weight is 248 g/mol. The van der Waals surface area contributed by atoms with E-state index >= 15 is 0 Å². The largest absolute Gasteiger partial charge is 0.350 e. The fourth-order valence-corrected chi connectivity index (χ4v) is 5.13. The molecule has 0 unspecified atom stereocenters. The number of rotatable bonds is 4. The topological polar surface area (TPSA) is 41.1 Å². The van der Waals surface area contributed by atoms with E-state index < -0.39 is 0 Å².